The van der Waals surface area contributed by atoms with Gasteiger partial charge in [-0.25, -0.2) is 10.2 Å². The molecule has 0 fully saturated rings. The molecule has 0 aliphatic heterocycles. The number of allylic oxidation sites excluding steroid dienone is 2. The molecule has 0 spiro atoms. The Kier molecular flexibility index (Phi) is 9.53. The van der Waals surface area contributed by atoms with Gasteiger partial charge in [-0.2, -0.15) is 20.4 Å². The predicted octanol–water partition coefficient (Wildman–Crippen LogP) is 5.64. The number of H-pyrrole nitrogens is 2. The molecule has 0 bridgehead atoms. The third-order valence-corrected chi connectivity index (χ3v) is 6.90. The van der Waals surface area contributed by atoms with Gasteiger partial charge in [0.1, 0.15) is 21.4 Å². The maximum Gasteiger partial charge on any atom is 0.285 e. The molecule has 0 aliphatic rings. The van der Waals surface area contributed by atoms with Gasteiger partial charge in [0.2, 0.25) is 0 Å². The summed E-state index contributed by atoms with van der Waals surface area (Å²) in [5.41, 5.74) is 10.3. The summed E-state index contributed by atoms with van der Waals surface area (Å²) in [7, 11) is 0. The van der Waals surface area contributed by atoms with Crippen molar-refractivity contribution in [3.8, 4) is 0 Å². The Hall–Kier alpha value is -5.32. The van der Waals surface area contributed by atoms with Crippen LogP contribution in [0.3, 0.4) is 0 Å². The number of halogens is 2. The number of benzene rings is 3. The second kappa shape index (κ2) is 14.0. The molecule has 12 heteroatoms. The molecule has 214 valence electrons. The van der Waals surface area contributed by atoms with Gasteiger partial charge in [0.05, 0.1) is 23.8 Å². The molecule has 2 aromatic heterocycles. The van der Waals surface area contributed by atoms with E-state index >= 15 is 0 Å². The van der Waals surface area contributed by atoms with Crippen molar-refractivity contribution in [2.45, 2.75) is 6.42 Å². The highest BCUT2D eigenvalue weighted by atomic mass is 35.5. The highest BCUT2D eigenvalue weighted by molar-refractivity contribution is 6.33. The maximum absolute atomic E-state index is 11.8. The molecule has 0 saturated heterocycles. The Morgan fingerprint density at radius 1 is 0.698 bits per heavy atom. The van der Waals surface area contributed by atoms with Crippen molar-refractivity contribution >= 4 is 46.0 Å². The minimum Gasteiger partial charge on any atom is -0.275 e. The fourth-order valence-corrected chi connectivity index (χ4v) is 4.23. The molecule has 4 N–H and O–H groups in total. The van der Waals surface area contributed by atoms with Crippen LogP contribution in [0, 0.1) is 0 Å². The number of hydrazone groups is 2. The van der Waals surface area contributed by atoms with Gasteiger partial charge in [0, 0.05) is 16.7 Å². The first-order valence-electron chi connectivity index (χ1n) is 13.0. The number of hydrogen-bond acceptors (Lipinski definition) is 8. The van der Waals surface area contributed by atoms with E-state index in [0.717, 1.165) is 22.3 Å². The SMILES string of the molecule is O=c1[nH]ncc(N/N=C(\C=C\Cc2ccc(/C(=N/Nc3cn[nH]c(=O)c3Cl)c3ccccc3)cc2)c2ccccc2)c1Cl. The highest BCUT2D eigenvalue weighted by Crippen LogP contribution is 2.18. The van der Waals surface area contributed by atoms with Crippen molar-refractivity contribution < 1.29 is 0 Å². The average Bonchev–Trinajstić information content (AvgIpc) is 3.04. The van der Waals surface area contributed by atoms with E-state index in [1.54, 1.807) is 0 Å². The zero-order valence-electron chi connectivity index (χ0n) is 22.5. The van der Waals surface area contributed by atoms with E-state index in [1.807, 2.05) is 97.1 Å². The molecular weight excluding hydrogens is 587 g/mol. The fraction of sp³-hybridized carbons (Fsp3) is 0.0323. The van der Waals surface area contributed by atoms with Gasteiger partial charge >= 0.3 is 0 Å². The summed E-state index contributed by atoms with van der Waals surface area (Å²) in [6, 6.07) is 27.3. The normalized spacial score (nSPS) is 12.0. The monoisotopic (exact) mass is 610 g/mol. The summed E-state index contributed by atoms with van der Waals surface area (Å²) < 4.78 is 0. The average molecular weight is 611 g/mol. The van der Waals surface area contributed by atoms with Gasteiger partial charge in [-0.15, -0.1) is 0 Å². The molecule has 43 heavy (non-hydrogen) atoms. The third kappa shape index (κ3) is 7.50. The lowest BCUT2D eigenvalue weighted by Crippen LogP contribution is -2.12. The Bertz CT molecular complexity index is 1900. The number of nitrogens with one attached hydrogen (secondary N) is 4. The zero-order chi connectivity index (χ0) is 30.0. The van der Waals surface area contributed by atoms with Crippen LogP contribution in [0.5, 0.6) is 0 Å². The summed E-state index contributed by atoms with van der Waals surface area (Å²) >= 11 is 12.2. The van der Waals surface area contributed by atoms with Crippen LogP contribution in [-0.4, -0.2) is 31.8 Å². The Morgan fingerprint density at radius 2 is 1.21 bits per heavy atom. The van der Waals surface area contributed by atoms with Gasteiger partial charge in [-0.05, 0) is 18.1 Å². The van der Waals surface area contributed by atoms with Crippen LogP contribution < -0.4 is 22.0 Å². The molecule has 0 saturated carbocycles. The van der Waals surface area contributed by atoms with Crippen LogP contribution in [0.2, 0.25) is 10.0 Å². The first-order chi connectivity index (χ1) is 21.0. The van der Waals surface area contributed by atoms with Crippen molar-refractivity contribution in [3.05, 3.63) is 162 Å². The van der Waals surface area contributed by atoms with Crippen molar-refractivity contribution in [1.29, 1.82) is 0 Å². The van der Waals surface area contributed by atoms with Gasteiger partial charge in [-0.1, -0.05) is 114 Å². The lowest BCUT2D eigenvalue weighted by Gasteiger charge is -2.10. The lowest BCUT2D eigenvalue weighted by molar-refractivity contribution is 0.987. The van der Waals surface area contributed by atoms with E-state index in [1.165, 1.54) is 12.4 Å². The summed E-state index contributed by atoms with van der Waals surface area (Å²) in [6.07, 6.45) is 7.32. The zero-order valence-corrected chi connectivity index (χ0v) is 24.0. The largest absolute Gasteiger partial charge is 0.285 e. The molecule has 0 atom stereocenters. The Labute approximate surface area is 255 Å². The van der Waals surface area contributed by atoms with Crippen LogP contribution in [0.15, 0.2) is 129 Å². The van der Waals surface area contributed by atoms with Crippen LogP contribution >= 0.6 is 23.2 Å². The minimum absolute atomic E-state index is 0.0268. The van der Waals surface area contributed by atoms with Gasteiger partial charge in [-0.3, -0.25) is 20.4 Å². The van der Waals surface area contributed by atoms with E-state index in [4.69, 9.17) is 23.2 Å². The lowest BCUT2D eigenvalue weighted by atomic mass is 10.00. The van der Waals surface area contributed by atoms with Crippen molar-refractivity contribution in [3.63, 3.8) is 0 Å². The van der Waals surface area contributed by atoms with Crippen LogP contribution in [-0.2, 0) is 6.42 Å². The summed E-state index contributed by atoms with van der Waals surface area (Å²) in [6.45, 7) is 0. The van der Waals surface area contributed by atoms with Gasteiger partial charge < -0.3 is 0 Å². The maximum atomic E-state index is 11.8. The third-order valence-electron chi connectivity index (χ3n) is 6.15. The summed E-state index contributed by atoms with van der Waals surface area (Å²) in [5, 5.41) is 21.1. The summed E-state index contributed by atoms with van der Waals surface area (Å²) in [5.74, 6) is 0. The number of anilines is 2. The number of aromatic amines is 2. The molecule has 0 radical (unpaired) electrons. The van der Waals surface area contributed by atoms with E-state index in [0.29, 0.717) is 29.2 Å². The molecule has 2 heterocycles. The highest BCUT2D eigenvalue weighted by Gasteiger charge is 2.10. The molecule has 3 aromatic carbocycles. The fourth-order valence-electron chi connectivity index (χ4n) is 3.96. The van der Waals surface area contributed by atoms with Crippen molar-refractivity contribution in [1.82, 2.24) is 20.4 Å². The number of rotatable bonds is 10. The van der Waals surface area contributed by atoms with E-state index in [-0.39, 0.29) is 10.0 Å². The quantitative estimate of drug-likeness (QED) is 0.119. The van der Waals surface area contributed by atoms with Crippen molar-refractivity contribution in [2.75, 3.05) is 10.9 Å². The molecule has 0 unspecified atom stereocenters. The Morgan fingerprint density at radius 3 is 1.79 bits per heavy atom. The Balaban J connectivity index is 1.36. The molecule has 0 aliphatic carbocycles. The van der Waals surface area contributed by atoms with Crippen LogP contribution in [0.1, 0.15) is 22.3 Å². The molecule has 5 aromatic rings. The molecule has 0 amide bonds. The molecule has 5 rings (SSSR count). The number of nitrogens with zero attached hydrogens (tertiary/aromatic N) is 4. The minimum atomic E-state index is -0.507. The second-order valence-electron chi connectivity index (χ2n) is 9.07. The van der Waals surface area contributed by atoms with E-state index < -0.39 is 11.1 Å². The first-order valence-corrected chi connectivity index (χ1v) is 13.8. The predicted molar refractivity (Wildman–Crippen MR) is 171 cm³/mol. The second-order valence-corrected chi connectivity index (χ2v) is 9.83. The van der Waals surface area contributed by atoms with Gasteiger partial charge in [0.25, 0.3) is 11.1 Å². The van der Waals surface area contributed by atoms with E-state index in [9.17, 15) is 9.59 Å². The van der Waals surface area contributed by atoms with E-state index in [2.05, 4.69) is 41.4 Å². The summed E-state index contributed by atoms with van der Waals surface area (Å²) in [4.78, 5) is 23.6. The van der Waals surface area contributed by atoms with Crippen LogP contribution in [0.4, 0.5) is 11.4 Å². The number of aromatic nitrogens is 4. The molecular formula is C31H24Cl2N8O2. The molecule has 10 nitrogen and oxygen atoms in total. The smallest absolute Gasteiger partial charge is 0.275 e. The standard InChI is InChI=1S/C31H24Cl2N8O2/c32-27-25(18-34-40-30(27)42)37-36-24(21-9-3-1-4-10-21)13-7-8-20-14-16-23(17-15-20)29(22-11-5-2-6-12-22)39-38-26-19-35-41-31(43)28(26)33/h1-7,9-19H,8H2,(H2,37,40,42)(H2,38,41,43)/b13-7+,36-24+,39-29+. The topological polar surface area (TPSA) is 140 Å². The number of hydrogen-bond donors (Lipinski definition) is 4. The van der Waals surface area contributed by atoms with Crippen molar-refractivity contribution in [2.24, 2.45) is 10.2 Å². The first kappa shape index (κ1) is 29.2. The van der Waals surface area contributed by atoms with Gasteiger partial charge in [0.15, 0.2) is 0 Å². The van der Waals surface area contributed by atoms with Crippen LogP contribution in [0.25, 0.3) is 0 Å².